The summed E-state index contributed by atoms with van der Waals surface area (Å²) in [5.41, 5.74) is 2.43. The van der Waals surface area contributed by atoms with Crippen molar-refractivity contribution >= 4 is 17.9 Å². The molecule has 3 rings (SSSR count). The lowest BCUT2D eigenvalue weighted by Crippen LogP contribution is -2.45. The third kappa shape index (κ3) is 10.1. The Hall–Kier alpha value is -2.28. The Morgan fingerprint density at radius 1 is 1.11 bits per heavy atom. The average molecular weight is 548 g/mol. The Morgan fingerprint density at radius 3 is 2.55 bits per heavy atom. The van der Waals surface area contributed by atoms with Crippen molar-refractivity contribution in [3.05, 3.63) is 59.7 Å². The highest BCUT2D eigenvalue weighted by molar-refractivity contribution is 7.98. The van der Waals surface area contributed by atoms with Crippen LogP contribution in [0.25, 0.3) is 0 Å². The number of hydrogen-bond acceptors (Lipinski definition) is 4. The van der Waals surface area contributed by atoms with Gasteiger partial charge in [-0.15, -0.1) is 11.8 Å². The summed E-state index contributed by atoms with van der Waals surface area (Å²) in [6.07, 6.45) is 4.23. The molecule has 1 saturated carbocycles. The molecule has 7 heteroatoms. The van der Waals surface area contributed by atoms with Crippen molar-refractivity contribution in [1.82, 2.24) is 4.90 Å². The van der Waals surface area contributed by atoms with Crippen LogP contribution in [0.4, 0.5) is 13.6 Å². The maximum absolute atomic E-state index is 13.7. The molecular formula is C31H43F2NO3S. The number of hydrogen-bond donors (Lipinski definition) is 0. The molecule has 0 aliphatic heterocycles. The highest BCUT2D eigenvalue weighted by Crippen LogP contribution is 2.36. The number of ether oxygens (including phenoxy) is 2. The van der Waals surface area contributed by atoms with Crippen molar-refractivity contribution < 1.29 is 23.0 Å². The number of thioether (sulfide) groups is 1. The second-order valence-electron chi connectivity index (χ2n) is 10.4. The highest BCUT2D eigenvalue weighted by atomic mass is 32.2. The van der Waals surface area contributed by atoms with Crippen LogP contribution in [-0.4, -0.2) is 42.2 Å². The normalized spacial score (nSPS) is 16.1. The zero-order valence-corrected chi connectivity index (χ0v) is 23.9. The van der Waals surface area contributed by atoms with Crippen molar-refractivity contribution in [2.24, 2.45) is 0 Å². The predicted octanol–water partition coefficient (Wildman–Crippen LogP) is 9.04. The second kappa shape index (κ2) is 15.3. The molecule has 38 heavy (non-hydrogen) atoms. The number of alkyl halides is 2. The molecule has 1 amide bonds. The molecule has 0 bridgehead atoms. The number of amides is 1. The number of carbonyl (C=O) groups is 1. The van der Waals surface area contributed by atoms with Gasteiger partial charge in [0.15, 0.2) is 0 Å². The molecule has 0 N–H and O–H groups in total. The lowest BCUT2D eigenvalue weighted by atomic mass is 9.91. The summed E-state index contributed by atoms with van der Waals surface area (Å²) in [5.74, 6) is -0.830. The van der Waals surface area contributed by atoms with Gasteiger partial charge in [0, 0.05) is 36.1 Å². The van der Waals surface area contributed by atoms with E-state index in [0.717, 1.165) is 54.1 Å². The van der Waals surface area contributed by atoms with E-state index in [-0.39, 0.29) is 31.1 Å². The zero-order valence-electron chi connectivity index (χ0n) is 23.1. The zero-order chi connectivity index (χ0) is 27.4. The molecule has 210 valence electrons. The monoisotopic (exact) mass is 547 g/mol. The van der Waals surface area contributed by atoms with Crippen LogP contribution >= 0.6 is 11.8 Å². The number of nitrogens with zero attached hydrogens (tertiary/aromatic N) is 1. The standard InChI is InChI=1S/C31H43F2NO3S/c1-4-5-21-36-30(35)34(27-16-18-31(32,33)19-17-27)20-10-9-11-25(3)37-28-22-24(2)14-15-29(28)38-23-26-12-7-6-8-13-26/h6-8,12-15,22,25,27H,4-5,9-11,16-21,23H2,1-3H3/t25-/m0/s1. The van der Waals surface area contributed by atoms with Gasteiger partial charge in [-0.1, -0.05) is 49.7 Å². The Labute approximate surface area is 231 Å². The summed E-state index contributed by atoms with van der Waals surface area (Å²) in [6.45, 7) is 7.09. The predicted molar refractivity (Wildman–Crippen MR) is 151 cm³/mol. The van der Waals surface area contributed by atoms with Crippen molar-refractivity contribution in [2.45, 2.75) is 107 Å². The molecule has 0 saturated heterocycles. The summed E-state index contributed by atoms with van der Waals surface area (Å²) < 4.78 is 39.2. The molecule has 4 nitrogen and oxygen atoms in total. The van der Waals surface area contributed by atoms with Gasteiger partial charge in [0.25, 0.3) is 0 Å². The number of rotatable bonds is 14. The molecule has 0 heterocycles. The molecule has 0 spiro atoms. The molecular weight excluding hydrogens is 504 g/mol. The molecule has 0 aromatic heterocycles. The maximum Gasteiger partial charge on any atom is 0.410 e. The van der Waals surface area contributed by atoms with Gasteiger partial charge in [-0.05, 0) is 75.6 Å². The van der Waals surface area contributed by atoms with Gasteiger partial charge in [-0.3, -0.25) is 0 Å². The van der Waals surface area contributed by atoms with E-state index >= 15 is 0 Å². The number of benzene rings is 2. The third-order valence-electron chi connectivity index (χ3n) is 7.01. The molecule has 2 aromatic rings. The first kappa shape index (κ1) is 30.3. The van der Waals surface area contributed by atoms with E-state index < -0.39 is 5.92 Å². The number of carbonyl (C=O) groups excluding carboxylic acids is 1. The number of halogens is 2. The van der Waals surface area contributed by atoms with Gasteiger partial charge < -0.3 is 14.4 Å². The second-order valence-corrected chi connectivity index (χ2v) is 11.4. The van der Waals surface area contributed by atoms with Gasteiger partial charge in [-0.25, -0.2) is 13.6 Å². The smallest absolute Gasteiger partial charge is 0.410 e. The summed E-state index contributed by atoms with van der Waals surface area (Å²) in [4.78, 5) is 15.6. The van der Waals surface area contributed by atoms with E-state index in [1.165, 1.54) is 5.56 Å². The summed E-state index contributed by atoms with van der Waals surface area (Å²) in [5, 5.41) is 0. The molecule has 1 fully saturated rings. The van der Waals surface area contributed by atoms with Crippen LogP contribution in [0, 0.1) is 6.92 Å². The highest BCUT2D eigenvalue weighted by Gasteiger charge is 2.38. The van der Waals surface area contributed by atoms with Crippen molar-refractivity contribution in [1.29, 1.82) is 0 Å². The molecule has 1 aliphatic rings. The topological polar surface area (TPSA) is 38.8 Å². The number of unbranched alkanes of at least 4 members (excludes halogenated alkanes) is 2. The van der Waals surface area contributed by atoms with Gasteiger partial charge in [0.05, 0.1) is 12.7 Å². The van der Waals surface area contributed by atoms with E-state index in [1.807, 2.05) is 13.0 Å². The van der Waals surface area contributed by atoms with Crippen LogP contribution < -0.4 is 4.74 Å². The number of aryl methyl sites for hydroxylation is 1. The summed E-state index contributed by atoms with van der Waals surface area (Å²) in [6, 6.07) is 16.6. The van der Waals surface area contributed by atoms with Gasteiger partial charge >= 0.3 is 6.09 Å². The van der Waals surface area contributed by atoms with E-state index in [0.29, 0.717) is 26.0 Å². The van der Waals surface area contributed by atoms with E-state index in [9.17, 15) is 13.6 Å². The van der Waals surface area contributed by atoms with E-state index in [2.05, 4.69) is 56.3 Å². The van der Waals surface area contributed by atoms with Gasteiger partial charge in [0.2, 0.25) is 5.92 Å². The molecule has 1 atom stereocenters. The summed E-state index contributed by atoms with van der Waals surface area (Å²) in [7, 11) is 0. The first-order chi connectivity index (χ1) is 18.3. The third-order valence-corrected chi connectivity index (χ3v) is 8.14. The Bertz CT molecular complexity index is 978. The largest absolute Gasteiger partial charge is 0.490 e. The lowest BCUT2D eigenvalue weighted by molar-refractivity contribution is -0.0529. The van der Waals surface area contributed by atoms with Crippen LogP contribution in [0.2, 0.25) is 0 Å². The van der Waals surface area contributed by atoms with Gasteiger partial charge in [0.1, 0.15) is 5.75 Å². The van der Waals surface area contributed by atoms with Gasteiger partial charge in [-0.2, -0.15) is 0 Å². The fourth-order valence-corrected chi connectivity index (χ4v) is 5.63. The van der Waals surface area contributed by atoms with Crippen molar-refractivity contribution in [3.63, 3.8) is 0 Å². The Morgan fingerprint density at radius 2 is 1.84 bits per heavy atom. The van der Waals surface area contributed by atoms with Crippen LogP contribution in [0.3, 0.4) is 0 Å². The van der Waals surface area contributed by atoms with Crippen molar-refractivity contribution in [2.75, 3.05) is 13.2 Å². The van der Waals surface area contributed by atoms with E-state index in [4.69, 9.17) is 9.47 Å². The minimum Gasteiger partial charge on any atom is -0.490 e. The minimum atomic E-state index is -2.62. The van der Waals surface area contributed by atoms with Crippen LogP contribution in [0.15, 0.2) is 53.4 Å². The first-order valence-corrected chi connectivity index (χ1v) is 15.0. The fraction of sp³-hybridized carbons (Fsp3) is 0.581. The van der Waals surface area contributed by atoms with E-state index in [1.54, 1.807) is 16.7 Å². The van der Waals surface area contributed by atoms with Crippen LogP contribution in [0.5, 0.6) is 5.75 Å². The fourth-order valence-electron chi connectivity index (χ4n) is 4.70. The molecule has 2 aromatic carbocycles. The Balaban J connectivity index is 1.50. The minimum absolute atomic E-state index is 0.0196. The molecule has 0 radical (unpaired) electrons. The maximum atomic E-state index is 13.7. The first-order valence-electron chi connectivity index (χ1n) is 14.0. The average Bonchev–Trinajstić information content (AvgIpc) is 2.89. The molecule has 1 aliphatic carbocycles. The quantitative estimate of drug-likeness (QED) is 0.175. The lowest BCUT2D eigenvalue weighted by Gasteiger charge is -2.36. The SMILES string of the molecule is CCCCOC(=O)N(CCCC[C@H](C)Oc1cc(C)ccc1SCc1ccccc1)C1CCC(F)(F)CC1. The van der Waals surface area contributed by atoms with Crippen LogP contribution in [-0.2, 0) is 10.5 Å². The van der Waals surface area contributed by atoms with Crippen LogP contribution in [0.1, 0.15) is 82.8 Å². The summed E-state index contributed by atoms with van der Waals surface area (Å²) >= 11 is 1.77. The molecule has 0 unspecified atom stereocenters. The van der Waals surface area contributed by atoms with Crippen molar-refractivity contribution in [3.8, 4) is 5.75 Å². The Kier molecular flexibility index (Phi) is 12.2.